The van der Waals surface area contributed by atoms with E-state index in [-0.39, 0.29) is 48.1 Å². The first-order valence-electron chi connectivity index (χ1n) is 12.2. The minimum atomic E-state index is -1.44. The van der Waals surface area contributed by atoms with Gasteiger partial charge in [0.1, 0.15) is 28.5 Å². The number of urea groups is 1. The number of β-amino-alcohol motifs (C(OH)–C–C–N with tert-alkyl or cyclic N) is 1. The number of aliphatic hydroxyl groups excluding tert-OH is 1. The van der Waals surface area contributed by atoms with E-state index in [1.165, 1.54) is 47.5 Å². The molecule has 202 valence electrons. The molecule has 4 N–H and O–H groups in total. The second-order valence-corrected chi connectivity index (χ2v) is 9.47. The molecule has 0 radical (unpaired) electrons. The third-order valence-electron chi connectivity index (χ3n) is 6.73. The molecule has 2 aliphatic rings. The maximum Gasteiger partial charge on any atom is 0.323 e. The quantitative estimate of drug-likeness (QED) is 0.393. The minimum Gasteiger partial charge on any atom is -0.457 e. The highest BCUT2D eigenvalue weighted by molar-refractivity contribution is 6.16. The van der Waals surface area contributed by atoms with Gasteiger partial charge in [0.15, 0.2) is 5.82 Å². The highest BCUT2D eigenvalue weighted by atomic mass is 19.1. The number of primary amides is 1. The second-order valence-electron chi connectivity index (χ2n) is 9.47. The maximum absolute atomic E-state index is 15.4. The van der Waals surface area contributed by atoms with Gasteiger partial charge in [0.25, 0.3) is 0 Å². The van der Waals surface area contributed by atoms with Gasteiger partial charge in [-0.05, 0) is 61.7 Å². The smallest absolute Gasteiger partial charge is 0.323 e. The van der Waals surface area contributed by atoms with Gasteiger partial charge in [-0.1, -0.05) is 0 Å². The minimum absolute atomic E-state index is 0.0879. The monoisotopic (exact) mass is 537 g/mol. The summed E-state index contributed by atoms with van der Waals surface area (Å²) < 4.78 is 34.7. The molecule has 5 rings (SSSR count). The number of nitrogens with zero attached hydrogens (tertiary/aromatic N) is 3. The standard InChI is InChI=1S/C27H25F2N5O5/c28-16-1-3-17(4-2-16)34(25(37)27(9-10-27)24(30)36)22-6-5-19(13-21(22)29)39-20-7-11-31-23(14-20)32-26(38)33-12-8-18(35)15-33/h1-7,11,13-14,18,35H,8-10,12,15H2,(H2,30,36)(H,31,32,38)/t18-/m0/s1. The number of rotatable bonds is 7. The predicted molar refractivity (Wildman–Crippen MR) is 136 cm³/mol. The second kappa shape index (κ2) is 10.3. The van der Waals surface area contributed by atoms with E-state index < -0.39 is 41.0 Å². The Morgan fingerprint density at radius 2 is 1.79 bits per heavy atom. The third kappa shape index (κ3) is 5.36. The van der Waals surface area contributed by atoms with Gasteiger partial charge in [0, 0.05) is 37.1 Å². The van der Waals surface area contributed by atoms with E-state index in [0.29, 0.717) is 13.0 Å². The van der Waals surface area contributed by atoms with E-state index in [2.05, 4.69) is 10.3 Å². The molecule has 2 fully saturated rings. The van der Waals surface area contributed by atoms with Crippen molar-refractivity contribution in [2.24, 2.45) is 11.1 Å². The summed E-state index contributed by atoms with van der Waals surface area (Å²) in [5.74, 6) is -2.34. The van der Waals surface area contributed by atoms with Crippen LogP contribution in [0.3, 0.4) is 0 Å². The molecule has 0 unspecified atom stereocenters. The van der Waals surface area contributed by atoms with Crippen molar-refractivity contribution in [1.29, 1.82) is 0 Å². The molecule has 1 atom stereocenters. The maximum atomic E-state index is 15.4. The van der Waals surface area contributed by atoms with Gasteiger partial charge in [-0.25, -0.2) is 18.6 Å². The number of halogens is 2. The molecule has 3 aromatic rings. The largest absolute Gasteiger partial charge is 0.457 e. The topological polar surface area (TPSA) is 138 Å². The molecule has 1 aromatic heterocycles. The van der Waals surface area contributed by atoms with Crippen LogP contribution in [0, 0.1) is 17.0 Å². The van der Waals surface area contributed by atoms with Crippen molar-refractivity contribution in [2.75, 3.05) is 23.3 Å². The van der Waals surface area contributed by atoms with Crippen LogP contribution in [0.2, 0.25) is 0 Å². The van der Waals surface area contributed by atoms with Crippen LogP contribution in [0.5, 0.6) is 11.5 Å². The number of likely N-dealkylation sites (tertiary alicyclic amines) is 1. The number of benzene rings is 2. The lowest BCUT2D eigenvalue weighted by Crippen LogP contribution is -2.41. The van der Waals surface area contributed by atoms with Gasteiger partial charge >= 0.3 is 6.03 Å². The Morgan fingerprint density at radius 1 is 1.08 bits per heavy atom. The van der Waals surface area contributed by atoms with Gasteiger partial charge in [-0.3, -0.25) is 19.8 Å². The fraction of sp³-hybridized carbons (Fsp3) is 0.259. The molecule has 1 saturated heterocycles. The fourth-order valence-corrected chi connectivity index (χ4v) is 4.39. The lowest BCUT2D eigenvalue weighted by Gasteiger charge is -2.27. The van der Waals surface area contributed by atoms with Crippen molar-refractivity contribution in [2.45, 2.75) is 25.4 Å². The predicted octanol–water partition coefficient (Wildman–Crippen LogP) is 3.68. The number of hydrogen-bond donors (Lipinski definition) is 3. The number of nitrogens with two attached hydrogens (primary N) is 1. The zero-order chi connectivity index (χ0) is 27.7. The number of amides is 4. The van der Waals surface area contributed by atoms with Crippen LogP contribution in [0.15, 0.2) is 60.8 Å². The lowest BCUT2D eigenvalue weighted by atomic mass is 10.0. The van der Waals surface area contributed by atoms with E-state index in [0.717, 1.165) is 23.1 Å². The first kappa shape index (κ1) is 26.0. The first-order chi connectivity index (χ1) is 18.7. The lowest BCUT2D eigenvalue weighted by molar-refractivity contribution is -0.133. The number of carbonyl (C=O) groups is 3. The molecule has 0 bridgehead atoms. The molecule has 4 amide bonds. The van der Waals surface area contributed by atoms with Gasteiger partial charge in [-0.15, -0.1) is 0 Å². The van der Waals surface area contributed by atoms with Crippen molar-refractivity contribution in [3.8, 4) is 11.5 Å². The van der Waals surface area contributed by atoms with E-state index in [1.54, 1.807) is 0 Å². The summed E-state index contributed by atoms with van der Waals surface area (Å²) in [6.07, 6.45) is 1.82. The Balaban J connectivity index is 1.37. The molecule has 1 saturated carbocycles. The van der Waals surface area contributed by atoms with E-state index >= 15 is 4.39 Å². The fourth-order valence-electron chi connectivity index (χ4n) is 4.39. The normalized spacial score (nSPS) is 17.4. The van der Waals surface area contributed by atoms with Crippen LogP contribution in [0.4, 0.5) is 30.8 Å². The summed E-state index contributed by atoms with van der Waals surface area (Å²) in [7, 11) is 0. The Kier molecular flexibility index (Phi) is 6.87. The number of hydrogen-bond acceptors (Lipinski definition) is 6. The molecular formula is C27H25F2N5O5. The van der Waals surface area contributed by atoms with Crippen molar-refractivity contribution < 1.29 is 33.0 Å². The van der Waals surface area contributed by atoms with Crippen molar-refractivity contribution in [3.63, 3.8) is 0 Å². The molecule has 39 heavy (non-hydrogen) atoms. The van der Waals surface area contributed by atoms with Crippen molar-refractivity contribution in [3.05, 3.63) is 72.4 Å². The summed E-state index contributed by atoms with van der Waals surface area (Å²) in [4.78, 5) is 44.4. The Bertz CT molecular complexity index is 1430. The number of carbonyl (C=O) groups excluding carboxylic acids is 3. The summed E-state index contributed by atoms with van der Waals surface area (Å²) in [5, 5.41) is 12.3. The van der Waals surface area contributed by atoms with Crippen molar-refractivity contribution >= 4 is 35.0 Å². The zero-order valence-corrected chi connectivity index (χ0v) is 20.6. The van der Waals surface area contributed by atoms with E-state index in [9.17, 15) is 23.9 Å². The average molecular weight is 538 g/mol. The number of anilines is 3. The SMILES string of the molecule is NC(=O)C1(C(=O)N(c2ccc(F)cc2)c2ccc(Oc3ccnc(NC(=O)N4CC[C@H](O)C4)c3)cc2F)CC1. The molecule has 2 aromatic carbocycles. The van der Waals surface area contributed by atoms with Crippen LogP contribution >= 0.6 is 0 Å². The van der Waals surface area contributed by atoms with E-state index in [4.69, 9.17) is 10.5 Å². The number of aromatic nitrogens is 1. The van der Waals surface area contributed by atoms with Crippen LogP contribution in [-0.4, -0.2) is 52.0 Å². The molecular weight excluding hydrogens is 512 g/mol. The number of nitrogens with one attached hydrogen (secondary N) is 1. The van der Waals surface area contributed by atoms with Gasteiger partial charge in [-0.2, -0.15) is 0 Å². The average Bonchev–Trinajstić information content (AvgIpc) is 3.61. The summed E-state index contributed by atoms with van der Waals surface area (Å²) in [6.45, 7) is 0.651. The number of aliphatic hydroxyl groups is 1. The number of pyridine rings is 1. The summed E-state index contributed by atoms with van der Waals surface area (Å²) in [5.41, 5.74) is 4.04. The Morgan fingerprint density at radius 3 is 2.41 bits per heavy atom. The van der Waals surface area contributed by atoms with Crippen molar-refractivity contribution in [1.82, 2.24) is 9.88 Å². The molecule has 10 nitrogen and oxygen atoms in total. The van der Waals surface area contributed by atoms with E-state index in [1.807, 2.05) is 0 Å². The third-order valence-corrected chi connectivity index (χ3v) is 6.73. The summed E-state index contributed by atoms with van der Waals surface area (Å²) >= 11 is 0. The Hall–Kier alpha value is -4.58. The highest BCUT2D eigenvalue weighted by Gasteiger charge is 2.57. The highest BCUT2D eigenvalue weighted by Crippen LogP contribution is 2.49. The molecule has 12 heteroatoms. The molecule has 1 aliphatic heterocycles. The molecule has 1 aliphatic carbocycles. The molecule has 0 spiro atoms. The first-order valence-corrected chi connectivity index (χ1v) is 12.2. The van der Waals surface area contributed by atoms with Gasteiger partial charge in [0.05, 0.1) is 11.8 Å². The van der Waals surface area contributed by atoms with Crippen LogP contribution in [0.1, 0.15) is 19.3 Å². The van der Waals surface area contributed by atoms with Gasteiger partial charge in [0.2, 0.25) is 11.8 Å². The van der Waals surface area contributed by atoms with Crippen LogP contribution < -0.4 is 20.7 Å². The number of ether oxygens (including phenoxy) is 1. The zero-order valence-electron chi connectivity index (χ0n) is 20.6. The Labute approximate surface area is 222 Å². The van der Waals surface area contributed by atoms with Crippen LogP contribution in [-0.2, 0) is 9.59 Å². The summed E-state index contributed by atoms with van der Waals surface area (Å²) in [6, 6.07) is 11.2. The van der Waals surface area contributed by atoms with Gasteiger partial charge < -0.3 is 20.5 Å². The van der Waals surface area contributed by atoms with Crippen LogP contribution in [0.25, 0.3) is 0 Å². The molecule has 2 heterocycles.